The average molecular weight is 515 g/mol. The lowest BCUT2D eigenvalue weighted by Gasteiger charge is -2.35. The van der Waals surface area contributed by atoms with Gasteiger partial charge in [0.25, 0.3) is 0 Å². The van der Waals surface area contributed by atoms with Gasteiger partial charge in [-0.25, -0.2) is 0 Å². The Morgan fingerprint density at radius 2 is 1.38 bits per heavy atom. The van der Waals surface area contributed by atoms with E-state index in [0.29, 0.717) is 24.1 Å². The number of benzene rings is 3. The molecule has 0 heterocycles. The molecule has 3 aromatic carbocycles. The van der Waals surface area contributed by atoms with E-state index >= 15 is 0 Å². The van der Waals surface area contributed by atoms with E-state index in [-0.39, 0.29) is 11.9 Å². The van der Waals surface area contributed by atoms with Gasteiger partial charge in [0.2, 0.25) is 5.91 Å². The molecule has 1 fully saturated rings. The van der Waals surface area contributed by atoms with Crippen LogP contribution in [0.15, 0.2) is 91.0 Å². The molecular formula is C31H38N4OS. The minimum absolute atomic E-state index is 0.0271. The van der Waals surface area contributed by atoms with Crippen LogP contribution in [0.5, 0.6) is 0 Å². The SMILES string of the molecule is CN(Cc1ccccc1)C(=O)[C@H](Cc1ccccc1)NC(=S)N[C@@H]1CCCC[C@H]1NCc1ccccc1. The summed E-state index contributed by atoms with van der Waals surface area (Å²) in [4.78, 5) is 15.3. The number of rotatable bonds is 10. The van der Waals surface area contributed by atoms with Gasteiger partial charge in [0, 0.05) is 38.6 Å². The lowest BCUT2D eigenvalue weighted by Crippen LogP contribution is -2.57. The van der Waals surface area contributed by atoms with Gasteiger partial charge in [0.1, 0.15) is 6.04 Å². The van der Waals surface area contributed by atoms with Crippen molar-refractivity contribution in [3.8, 4) is 0 Å². The first-order chi connectivity index (χ1) is 18.1. The van der Waals surface area contributed by atoms with Crippen LogP contribution in [0.1, 0.15) is 42.4 Å². The Bertz CT molecular complexity index is 1110. The van der Waals surface area contributed by atoms with E-state index in [1.165, 1.54) is 18.4 Å². The van der Waals surface area contributed by atoms with E-state index in [2.05, 4.69) is 52.3 Å². The lowest BCUT2D eigenvalue weighted by atomic mass is 9.90. The Morgan fingerprint density at radius 1 is 0.838 bits per heavy atom. The van der Waals surface area contributed by atoms with E-state index < -0.39 is 6.04 Å². The monoisotopic (exact) mass is 514 g/mol. The Morgan fingerprint density at radius 3 is 2.00 bits per heavy atom. The van der Waals surface area contributed by atoms with E-state index in [4.69, 9.17) is 12.2 Å². The molecule has 37 heavy (non-hydrogen) atoms. The normalized spacial score (nSPS) is 18.0. The number of nitrogens with one attached hydrogen (secondary N) is 3. The number of carbonyl (C=O) groups is 1. The van der Waals surface area contributed by atoms with Gasteiger partial charge < -0.3 is 20.9 Å². The van der Waals surface area contributed by atoms with Crippen LogP contribution in [0.3, 0.4) is 0 Å². The third kappa shape index (κ3) is 8.41. The lowest BCUT2D eigenvalue weighted by molar-refractivity contribution is -0.132. The van der Waals surface area contributed by atoms with Crippen molar-refractivity contribution in [1.82, 2.24) is 20.9 Å². The third-order valence-corrected chi connectivity index (χ3v) is 7.25. The van der Waals surface area contributed by atoms with Crippen molar-refractivity contribution >= 4 is 23.2 Å². The number of thiocarbonyl (C=S) groups is 1. The van der Waals surface area contributed by atoms with E-state index in [9.17, 15) is 4.79 Å². The molecule has 0 spiro atoms. The third-order valence-electron chi connectivity index (χ3n) is 7.02. The predicted molar refractivity (Wildman–Crippen MR) is 155 cm³/mol. The number of carbonyl (C=O) groups excluding carboxylic acids is 1. The Balaban J connectivity index is 1.39. The molecule has 3 N–H and O–H groups in total. The molecule has 0 radical (unpaired) electrons. The summed E-state index contributed by atoms with van der Waals surface area (Å²) in [6.07, 6.45) is 5.12. The summed E-state index contributed by atoms with van der Waals surface area (Å²) in [6.45, 7) is 1.39. The largest absolute Gasteiger partial charge is 0.358 e. The zero-order valence-corrected chi connectivity index (χ0v) is 22.4. The summed E-state index contributed by atoms with van der Waals surface area (Å²) in [6, 6.07) is 30.8. The second kappa shape index (κ2) is 13.9. The molecule has 0 bridgehead atoms. The molecule has 3 atom stereocenters. The van der Waals surface area contributed by atoms with Gasteiger partial charge in [-0.05, 0) is 41.7 Å². The molecule has 1 saturated carbocycles. The molecule has 3 aromatic rings. The average Bonchev–Trinajstić information content (AvgIpc) is 2.93. The molecule has 0 saturated heterocycles. The van der Waals surface area contributed by atoms with Crippen molar-refractivity contribution in [1.29, 1.82) is 0 Å². The van der Waals surface area contributed by atoms with Gasteiger partial charge in [0.15, 0.2) is 5.11 Å². The van der Waals surface area contributed by atoms with Crippen molar-refractivity contribution in [2.45, 2.75) is 63.3 Å². The van der Waals surface area contributed by atoms with Gasteiger partial charge >= 0.3 is 0 Å². The van der Waals surface area contributed by atoms with Crippen LogP contribution in [0, 0.1) is 0 Å². The van der Waals surface area contributed by atoms with E-state index in [1.807, 2.05) is 61.6 Å². The molecule has 1 aliphatic rings. The van der Waals surface area contributed by atoms with Crippen LogP contribution in [0.25, 0.3) is 0 Å². The summed E-state index contributed by atoms with van der Waals surface area (Å²) in [5, 5.41) is 11.2. The quantitative estimate of drug-likeness (QED) is 0.339. The van der Waals surface area contributed by atoms with Gasteiger partial charge in [-0.1, -0.05) is 104 Å². The summed E-state index contributed by atoms with van der Waals surface area (Å²) < 4.78 is 0. The van der Waals surface area contributed by atoms with Gasteiger partial charge in [-0.2, -0.15) is 0 Å². The molecule has 1 amide bonds. The smallest absolute Gasteiger partial charge is 0.245 e. The number of hydrogen-bond acceptors (Lipinski definition) is 3. The maximum atomic E-state index is 13.6. The van der Waals surface area contributed by atoms with Crippen LogP contribution in [0.4, 0.5) is 0 Å². The molecule has 6 heteroatoms. The van der Waals surface area contributed by atoms with Crippen molar-refractivity contribution < 1.29 is 4.79 Å². The maximum absolute atomic E-state index is 13.6. The first-order valence-corrected chi connectivity index (χ1v) is 13.7. The summed E-state index contributed by atoms with van der Waals surface area (Å²) >= 11 is 5.77. The second-order valence-electron chi connectivity index (χ2n) is 9.90. The molecule has 0 aliphatic heterocycles. The zero-order chi connectivity index (χ0) is 25.9. The van der Waals surface area contributed by atoms with Crippen LogP contribution in [0.2, 0.25) is 0 Å². The molecule has 4 rings (SSSR count). The van der Waals surface area contributed by atoms with Crippen molar-refractivity contribution in [2.75, 3.05) is 7.05 Å². The van der Waals surface area contributed by atoms with Crippen LogP contribution >= 0.6 is 12.2 Å². The maximum Gasteiger partial charge on any atom is 0.245 e. The highest BCUT2D eigenvalue weighted by Gasteiger charge is 2.28. The molecule has 0 aromatic heterocycles. The van der Waals surface area contributed by atoms with E-state index in [0.717, 1.165) is 30.5 Å². The zero-order valence-electron chi connectivity index (χ0n) is 21.6. The molecular weight excluding hydrogens is 476 g/mol. The van der Waals surface area contributed by atoms with Crippen LogP contribution in [-0.2, 0) is 24.3 Å². The summed E-state index contributed by atoms with van der Waals surface area (Å²) in [5.41, 5.74) is 3.49. The van der Waals surface area contributed by atoms with Crippen molar-refractivity contribution in [2.24, 2.45) is 0 Å². The number of amides is 1. The highest BCUT2D eigenvalue weighted by molar-refractivity contribution is 7.80. The topological polar surface area (TPSA) is 56.4 Å². The van der Waals surface area contributed by atoms with Crippen molar-refractivity contribution in [3.63, 3.8) is 0 Å². The summed E-state index contributed by atoms with van der Waals surface area (Å²) in [7, 11) is 1.86. The van der Waals surface area contributed by atoms with Crippen LogP contribution in [-0.4, -0.2) is 41.1 Å². The van der Waals surface area contributed by atoms with Gasteiger partial charge in [0.05, 0.1) is 0 Å². The summed E-state index contributed by atoms with van der Waals surface area (Å²) in [5.74, 6) is 0.0271. The van der Waals surface area contributed by atoms with Gasteiger partial charge in [-0.15, -0.1) is 0 Å². The number of nitrogens with zero attached hydrogens (tertiary/aromatic N) is 1. The Kier molecular flexibility index (Phi) is 10.1. The Hall–Kier alpha value is -3.22. The van der Waals surface area contributed by atoms with Crippen LogP contribution < -0.4 is 16.0 Å². The minimum atomic E-state index is -0.449. The fourth-order valence-electron chi connectivity index (χ4n) is 5.01. The number of likely N-dealkylation sites (N-methyl/N-ethyl adjacent to an activating group) is 1. The molecule has 5 nitrogen and oxygen atoms in total. The minimum Gasteiger partial charge on any atom is -0.358 e. The molecule has 1 aliphatic carbocycles. The van der Waals surface area contributed by atoms with Gasteiger partial charge in [-0.3, -0.25) is 4.79 Å². The predicted octanol–water partition coefficient (Wildman–Crippen LogP) is 4.82. The highest BCUT2D eigenvalue weighted by Crippen LogP contribution is 2.19. The van der Waals surface area contributed by atoms with E-state index in [1.54, 1.807) is 4.90 Å². The fraction of sp³-hybridized carbons (Fsp3) is 0.355. The first-order valence-electron chi connectivity index (χ1n) is 13.3. The first kappa shape index (κ1) is 26.8. The van der Waals surface area contributed by atoms with Crippen molar-refractivity contribution in [3.05, 3.63) is 108 Å². The Labute approximate surface area is 226 Å². The fourth-order valence-corrected chi connectivity index (χ4v) is 5.31. The highest BCUT2D eigenvalue weighted by atomic mass is 32.1. The molecule has 0 unspecified atom stereocenters. The second-order valence-corrected chi connectivity index (χ2v) is 10.3. The number of hydrogen-bond donors (Lipinski definition) is 3. The molecule has 194 valence electrons. The standard InChI is InChI=1S/C31H38N4OS/c1-35(23-26-17-9-4-10-18-26)30(36)29(21-24-13-5-2-6-14-24)34-31(37)33-28-20-12-11-19-27(28)32-22-25-15-7-3-8-16-25/h2-10,13-18,27-29,32H,11-12,19-23H2,1H3,(H2,33,34,37)/t27-,28-,29+/m1/s1.